The summed E-state index contributed by atoms with van der Waals surface area (Å²) in [5.74, 6) is 0. The molecule has 2 N–H and O–H groups in total. The first-order valence-corrected chi connectivity index (χ1v) is 5.70. The summed E-state index contributed by atoms with van der Waals surface area (Å²) in [5, 5.41) is 11.5. The van der Waals surface area contributed by atoms with Crippen LogP contribution in [0.25, 0.3) is 0 Å². The number of anilines is 1. The molecule has 1 rings (SSSR count). The van der Waals surface area contributed by atoms with Crippen molar-refractivity contribution < 1.29 is 18.3 Å². The molecule has 1 unspecified atom stereocenters. The first-order chi connectivity index (χ1) is 7.30. The van der Waals surface area contributed by atoms with Crippen LogP contribution in [0, 0.1) is 3.57 Å². The normalized spacial score (nSPS) is 13.6. The van der Waals surface area contributed by atoms with Gasteiger partial charge >= 0.3 is 6.18 Å². The molecule has 0 amide bonds. The van der Waals surface area contributed by atoms with E-state index in [0.717, 1.165) is 3.57 Å². The van der Waals surface area contributed by atoms with Crippen LogP contribution in [0.1, 0.15) is 0 Å². The Morgan fingerprint density at radius 1 is 1.44 bits per heavy atom. The molecule has 16 heavy (non-hydrogen) atoms. The smallest absolute Gasteiger partial charge is 0.382 e. The summed E-state index contributed by atoms with van der Waals surface area (Å²) in [6.07, 6.45) is -7.02. The Labute approximate surface area is 109 Å². The molecule has 7 heteroatoms. The zero-order valence-corrected chi connectivity index (χ0v) is 10.8. The number of aliphatic hydroxyl groups excluding tert-OH is 1. The van der Waals surface area contributed by atoms with Crippen molar-refractivity contribution in [1.29, 1.82) is 0 Å². The predicted molar refractivity (Wildman–Crippen MR) is 64.7 cm³/mol. The molecule has 0 aliphatic heterocycles. The fourth-order valence-electron chi connectivity index (χ4n) is 0.955. The molecule has 0 heterocycles. The van der Waals surface area contributed by atoms with Crippen molar-refractivity contribution >= 4 is 39.9 Å². The van der Waals surface area contributed by atoms with Gasteiger partial charge in [0.05, 0.1) is 10.7 Å². The molecule has 1 atom stereocenters. The number of hydrogen-bond acceptors (Lipinski definition) is 2. The molecule has 90 valence electrons. The second-order valence-electron chi connectivity index (χ2n) is 3.06. The molecule has 0 bridgehead atoms. The SMILES string of the molecule is OC(CNc1ccc(I)cc1Cl)C(F)(F)F. The van der Waals surface area contributed by atoms with Crippen LogP contribution < -0.4 is 5.32 Å². The van der Waals surface area contributed by atoms with E-state index in [1.165, 1.54) is 0 Å². The molecule has 1 aromatic rings. The minimum Gasteiger partial charge on any atom is -0.382 e. The Balaban J connectivity index is 2.62. The van der Waals surface area contributed by atoms with E-state index in [2.05, 4.69) is 5.32 Å². The van der Waals surface area contributed by atoms with Gasteiger partial charge in [0.2, 0.25) is 0 Å². The molecule has 0 radical (unpaired) electrons. The fraction of sp³-hybridized carbons (Fsp3) is 0.333. The van der Waals surface area contributed by atoms with Crippen molar-refractivity contribution in [1.82, 2.24) is 0 Å². The van der Waals surface area contributed by atoms with Gasteiger partial charge in [-0.2, -0.15) is 13.2 Å². The molecule has 0 spiro atoms. The molecule has 0 aliphatic rings. The monoisotopic (exact) mass is 365 g/mol. The van der Waals surface area contributed by atoms with E-state index < -0.39 is 18.8 Å². The molecule has 0 saturated carbocycles. The molecule has 0 saturated heterocycles. The first kappa shape index (κ1) is 13.9. The number of benzene rings is 1. The third kappa shape index (κ3) is 3.99. The van der Waals surface area contributed by atoms with E-state index in [4.69, 9.17) is 16.7 Å². The second-order valence-corrected chi connectivity index (χ2v) is 4.72. The highest BCUT2D eigenvalue weighted by Gasteiger charge is 2.37. The largest absolute Gasteiger partial charge is 0.416 e. The van der Waals surface area contributed by atoms with E-state index in [0.29, 0.717) is 10.7 Å². The lowest BCUT2D eigenvalue weighted by atomic mass is 10.3. The van der Waals surface area contributed by atoms with Crippen LogP contribution in [0.15, 0.2) is 18.2 Å². The second kappa shape index (κ2) is 5.42. The van der Waals surface area contributed by atoms with Crippen molar-refractivity contribution in [2.45, 2.75) is 12.3 Å². The van der Waals surface area contributed by atoms with Crippen LogP contribution >= 0.6 is 34.2 Å². The number of alkyl halides is 3. The van der Waals surface area contributed by atoms with Crippen LogP contribution in [0.5, 0.6) is 0 Å². The van der Waals surface area contributed by atoms with E-state index in [1.807, 2.05) is 22.6 Å². The number of hydrogen-bond donors (Lipinski definition) is 2. The van der Waals surface area contributed by atoms with Gasteiger partial charge in [-0.15, -0.1) is 0 Å². The summed E-state index contributed by atoms with van der Waals surface area (Å²) >= 11 is 7.83. The third-order valence-corrected chi connectivity index (χ3v) is 2.78. The minimum absolute atomic E-state index is 0.321. The number of halogens is 5. The molecule has 2 nitrogen and oxygen atoms in total. The van der Waals surface area contributed by atoms with Gasteiger partial charge in [0.15, 0.2) is 6.10 Å². The maximum absolute atomic E-state index is 12.0. The Hall–Kier alpha value is -0.210. The molecular weight excluding hydrogens is 357 g/mol. The van der Waals surface area contributed by atoms with Gasteiger partial charge in [-0.25, -0.2) is 0 Å². The lowest BCUT2D eigenvalue weighted by molar-refractivity contribution is -0.198. The van der Waals surface area contributed by atoms with Crippen molar-refractivity contribution in [3.8, 4) is 0 Å². The number of aliphatic hydroxyl groups is 1. The Morgan fingerprint density at radius 2 is 2.06 bits per heavy atom. The molecule has 0 aliphatic carbocycles. The average Bonchev–Trinajstić information content (AvgIpc) is 2.14. The zero-order chi connectivity index (χ0) is 12.3. The highest BCUT2D eigenvalue weighted by atomic mass is 127. The van der Waals surface area contributed by atoms with Gasteiger partial charge in [0.25, 0.3) is 0 Å². The van der Waals surface area contributed by atoms with E-state index >= 15 is 0 Å². The lowest BCUT2D eigenvalue weighted by Crippen LogP contribution is -2.35. The number of rotatable bonds is 3. The van der Waals surface area contributed by atoms with Crippen LogP contribution in [0.2, 0.25) is 5.02 Å². The lowest BCUT2D eigenvalue weighted by Gasteiger charge is -2.16. The molecular formula is C9H8ClF3INO. The third-order valence-electron chi connectivity index (χ3n) is 1.79. The molecule has 0 fully saturated rings. The minimum atomic E-state index is -4.62. The van der Waals surface area contributed by atoms with Gasteiger partial charge in [-0.1, -0.05) is 11.6 Å². The summed E-state index contributed by atoms with van der Waals surface area (Å²) in [6, 6.07) is 4.88. The summed E-state index contributed by atoms with van der Waals surface area (Å²) in [6.45, 7) is -0.621. The van der Waals surface area contributed by atoms with Crippen LogP contribution in [-0.4, -0.2) is 23.9 Å². The van der Waals surface area contributed by atoms with Crippen LogP contribution in [-0.2, 0) is 0 Å². The maximum atomic E-state index is 12.0. The van der Waals surface area contributed by atoms with E-state index in [1.54, 1.807) is 18.2 Å². The maximum Gasteiger partial charge on any atom is 0.416 e. The standard InChI is InChI=1S/C9H8ClF3INO/c10-6-3-5(14)1-2-7(6)15-4-8(16)9(11,12)13/h1-3,8,15-16H,4H2. The van der Waals surface area contributed by atoms with Gasteiger partial charge in [0, 0.05) is 10.1 Å². The average molecular weight is 366 g/mol. The highest BCUT2D eigenvalue weighted by molar-refractivity contribution is 14.1. The highest BCUT2D eigenvalue weighted by Crippen LogP contribution is 2.25. The Bertz CT molecular complexity index is 372. The van der Waals surface area contributed by atoms with Crippen molar-refractivity contribution in [2.24, 2.45) is 0 Å². The summed E-state index contributed by atoms with van der Waals surface area (Å²) in [7, 11) is 0. The number of nitrogens with one attached hydrogen (secondary N) is 1. The van der Waals surface area contributed by atoms with Gasteiger partial charge < -0.3 is 10.4 Å². The van der Waals surface area contributed by atoms with Crippen LogP contribution in [0.3, 0.4) is 0 Å². The summed E-state index contributed by atoms with van der Waals surface area (Å²) < 4.78 is 36.9. The fourth-order valence-corrected chi connectivity index (χ4v) is 1.88. The van der Waals surface area contributed by atoms with Gasteiger partial charge in [0.1, 0.15) is 0 Å². The molecule has 0 aromatic heterocycles. The summed E-state index contributed by atoms with van der Waals surface area (Å²) in [5.41, 5.74) is 0.366. The zero-order valence-electron chi connectivity index (χ0n) is 7.85. The van der Waals surface area contributed by atoms with Crippen molar-refractivity contribution in [3.05, 3.63) is 26.8 Å². The topological polar surface area (TPSA) is 32.3 Å². The van der Waals surface area contributed by atoms with Gasteiger partial charge in [-0.05, 0) is 40.8 Å². The van der Waals surface area contributed by atoms with Gasteiger partial charge in [-0.3, -0.25) is 0 Å². The van der Waals surface area contributed by atoms with Crippen molar-refractivity contribution in [3.63, 3.8) is 0 Å². The quantitative estimate of drug-likeness (QED) is 0.806. The van der Waals surface area contributed by atoms with E-state index in [9.17, 15) is 13.2 Å². The van der Waals surface area contributed by atoms with E-state index in [-0.39, 0.29) is 0 Å². The Kier molecular flexibility index (Phi) is 4.69. The first-order valence-electron chi connectivity index (χ1n) is 4.24. The summed E-state index contributed by atoms with van der Waals surface area (Å²) in [4.78, 5) is 0. The Morgan fingerprint density at radius 3 is 2.56 bits per heavy atom. The molecule has 1 aromatic carbocycles. The van der Waals surface area contributed by atoms with Crippen LogP contribution in [0.4, 0.5) is 18.9 Å². The predicted octanol–water partition coefficient (Wildman–Crippen LogP) is 3.28. The van der Waals surface area contributed by atoms with Crippen molar-refractivity contribution in [2.75, 3.05) is 11.9 Å².